The summed E-state index contributed by atoms with van der Waals surface area (Å²) in [5.41, 5.74) is 12.0. The molecule has 8 rings (SSSR count). The van der Waals surface area contributed by atoms with Crippen molar-refractivity contribution in [2.75, 3.05) is 5.32 Å². The lowest BCUT2D eigenvalue weighted by atomic mass is 9.99. The quantitative estimate of drug-likeness (QED) is 0.160. The van der Waals surface area contributed by atoms with E-state index in [9.17, 15) is 4.79 Å². The van der Waals surface area contributed by atoms with Crippen molar-refractivity contribution in [3.8, 4) is 0 Å². The first-order chi connectivity index (χ1) is 24.6. The Kier molecular flexibility index (Phi) is 10.1. The lowest BCUT2D eigenvalue weighted by Gasteiger charge is -2.10. The molecule has 0 bridgehead atoms. The van der Waals surface area contributed by atoms with E-state index >= 15 is 0 Å². The van der Waals surface area contributed by atoms with E-state index in [4.69, 9.17) is 4.99 Å². The molecule has 3 aliphatic rings. The van der Waals surface area contributed by atoms with Gasteiger partial charge in [0, 0.05) is 46.2 Å². The summed E-state index contributed by atoms with van der Waals surface area (Å²) in [5.74, 6) is -0.155. The molecule has 3 aromatic carbocycles. The van der Waals surface area contributed by atoms with Crippen LogP contribution in [0.25, 0.3) is 11.1 Å². The van der Waals surface area contributed by atoms with Crippen molar-refractivity contribution in [2.24, 2.45) is 9.98 Å². The molecular weight excluding hydrogens is 615 g/mol. The molecule has 6 heteroatoms. The number of para-hydroxylation sites is 1. The number of H-pyrrole nitrogens is 2. The second kappa shape index (κ2) is 15.5. The summed E-state index contributed by atoms with van der Waals surface area (Å²) >= 11 is 0. The van der Waals surface area contributed by atoms with Crippen LogP contribution in [0.15, 0.2) is 155 Å². The molecular formula is C44H41N5O. The number of hydrogen-bond acceptors (Lipinski definition) is 3. The SMILES string of the molecule is C1CCCCC1.Cc1ccc(/C(=C2\C=CC(c3ccc(/C(=C4/C=CC=N4)c4ccc(C(=O)Nc5ccccc5)cc4)[nH]3)=N2)c2ccc[nH]2)cc1. The van der Waals surface area contributed by atoms with Gasteiger partial charge in [0.25, 0.3) is 5.91 Å². The van der Waals surface area contributed by atoms with Crippen molar-refractivity contribution < 1.29 is 4.79 Å². The third-order valence-corrected chi connectivity index (χ3v) is 9.11. The number of benzene rings is 3. The third kappa shape index (κ3) is 7.66. The molecule has 5 aromatic rings. The predicted octanol–water partition coefficient (Wildman–Crippen LogP) is 10.5. The normalized spacial score (nSPS) is 16.9. The first-order valence-corrected chi connectivity index (χ1v) is 17.5. The van der Waals surface area contributed by atoms with Gasteiger partial charge < -0.3 is 15.3 Å². The average molecular weight is 656 g/mol. The maximum absolute atomic E-state index is 12.8. The van der Waals surface area contributed by atoms with Crippen LogP contribution >= 0.6 is 0 Å². The molecule has 1 saturated carbocycles. The fourth-order valence-electron chi connectivity index (χ4n) is 6.45. The van der Waals surface area contributed by atoms with Crippen LogP contribution in [0.1, 0.15) is 82.7 Å². The molecule has 6 nitrogen and oxygen atoms in total. The van der Waals surface area contributed by atoms with E-state index in [0.717, 1.165) is 62.1 Å². The fraction of sp³-hybridized carbons (Fsp3) is 0.159. The zero-order valence-electron chi connectivity index (χ0n) is 28.3. The van der Waals surface area contributed by atoms with E-state index < -0.39 is 0 Å². The van der Waals surface area contributed by atoms with Crippen LogP contribution in [0.5, 0.6) is 0 Å². The van der Waals surface area contributed by atoms with Crippen LogP contribution in [0.2, 0.25) is 0 Å². The Hall–Kier alpha value is -6.01. The lowest BCUT2D eigenvalue weighted by Crippen LogP contribution is -2.11. The van der Waals surface area contributed by atoms with Gasteiger partial charge in [-0.25, -0.2) is 4.99 Å². The Morgan fingerprint density at radius 1 is 0.640 bits per heavy atom. The Balaban J connectivity index is 0.000000593. The van der Waals surface area contributed by atoms with Crippen molar-refractivity contribution in [2.45, 2.75) is 45.4 Å². The predicted molar refractivity (Wildman–Crippen MR) is 207 cm³/mol. The van der Waals surface area contributed by atoms with Gasteiger partial charge in [0.2, 0.25) is 0 Å². The summed E-state index contributed by atoms with van der Waals surface area (Å²) in [4.78, 5) is 29.4. The van der Waals surface area contributed by atoms with Crippen molar-refractivity contribution in [1.29, 1.82) is 0 Å². The number of allylic oxidation sites excluding steroid dienone is 4. The van der Waals surface area contributed by atoms with Gasteiger partial charge in [0.1, 0.15) is 0 Å². The molecule has 2 aromatic heterocycles. The smallest absolute Gasteiger partial charge is 0.255 e. The van der Waals surface area contributed by atoms with Crippen molar-refractivity contribution in [3.05, 3.63) is 184 Å². The summed E-state index contributed by atoms with van der Waals surface area (Å²) in [7, 11) is 0. The summed E-state index contributed by atoms with van der Waals surface area (Å²) in [6, 6.07) is 33.7. The first kappa shape index (κ1) is 32.5. The highest BCUT2D eigenvalue weighted by Gasteiger charge is 2.19. The number of aliphatic imine (C=N–C) groups is 2. The minimum absolute atomic E-state index is 0.155. The molecule has 3 N–H and O–H groups in total. The molecule has 50 heavy (non-hydrogen) atoms. The Morgan fingerprint density at radius 3 is 1.94 bits per heavy atom. The van der Waals surface area contributed by atoms with E-state index in [1.165, 1.54) is 44.1 Å². The Bertz CT molecular complexity index is 2090. The number of aromatic amines is 2. The minimum Gasteiger partial charge on any atom is -0.361 e. The van der Waals surface area contributed by atoms with Crippen LogP contribution < -0.4 is 5.32 Å². The fourth-order valence-corrected chi connectivity index (χ4v) is 6.45. The number of aryl methyl sites for hydroxylation is 1. The zero-order chi connectivity index (χ0) is 34.1. The Labute approximate surface area is 293 Å². The molecule has 248 valence electrons. The molecule has 0 unspecified atom stereocenters. The summed E-state index contributed by atoms with van der Waals surface area (Å²) in [6.45, 7) is 2.09. The van der Waals surface area contributed by atoms with Crippen LogP contribution in [-0.2, 0) is 0 Å². The van der Waals surface area contributed by atoms with Crippen LogP contribution in [0.3, 0.4) is 0 Å². The number of carbonyl (C=O) groups excluding carboxylic acids is 1. The highest BCUT2D eigenvalue weighted by Crippen LogP contribution is 2.33. The molecule has 2 aliphatic heterocycles. The van der Waals surface area contributed by atoms with Crippen LogP contribution in [0, 0.1) is 6.92 Å². The molecule has 0 atom stereocenters. The van der Waals surface area contributed by atoms with Gasteiger partial charge in [-0.1, -0.05) is 98.7 Å². The number of rotatable bonds is 7. The van der Waals surface area contributed by atoms with E-state index in [2.05, 4.69) is 69.7 Å². The van der Waals surface area contributed by atoms with Crippen molar-refractivity contribution in [1.82, 2.24) is 9.97 Å². The molecule has 1 amide bonds. The summed E-state index contributed by atoms with van der Waals surface area (Å²) < 4.78 is 0. The number of nitrogens with zero attached hydrogens (tertiary/aromatic N) is 2. The highest BCUT2D eigenvalue weighted by atomic mass is 16.1. The zero-order valence-corrected chi connectivity index (χ0v) is 28.3. The van der Waals surface area contributed by atoms with Gasteiger partial charge in [0.15, 0.2) is 0 Å². The van der Waals surface area contributed by atoms with E-state index in [0.29, 0.717) is 5.56 Å². The van der Waals surface area contributed by atoms with E-state index in [1.807, 2.05) is 91.2 Å². The van der Waals surface area contributed by atoms with Gasteiger partial charge in [-0.15, -0.1) is 0 Å². The van der Waals surface area contributed by atoms with Gasteiger partial charge in [-0.2, -0.15) is 0 Å². The van der Waals surface area contributed by atoms with Gasteiger partial charge in [-0.05, 0) is 90.9 Å². The maximum atomic E-state index is 12.8. The molecule has 0 radical (unpaired) electrons. The molecule has 1 fully saturated rings. The summed E-state index contributed by atoms with van der Waals surface area (Å²) in [6.07, 6.45) is 20.7. The number of aromatic nitrogens is 2. The average Bonchev–Trinajstić information content (AvgIpc) is 4.01. The number of hydrogen-bond donors (Lipinski definition) is 3. The first-order valence-electron chi connectivity index (χ1n) is 17.5. The number of anilines is 1. The summed E-state index contributed by atoms with van der Waals surface area (Å²) in [5, 5.41) is 2.94. The molecule has 0 spiro atoms. The lowest BCUT2D eigenvalue weighted by molar-refractivity contribution is 0.102. The number of nitrogens with one attached hydrogen (secondary N) is 3. The standard InChI is InChI=1S/C38H29N5O.C6H12/c1-25-11-13-26(14-12-25)36(32-9-5-23-39-32)34-21-19-30(42-34)31-20-22-35(43-31)37(33-10-6-24-40-33)27-15-17-28(18-16-27)38(44)41-29-7-3-2-4-8-29;1-2-4-6-5-3-1/h2-24,39,43H,1H3,(H,41,44);1-6H2/b36-34-,37-33-;. The van der Waals surface area contributed by atoms with Crippen LogP contribution in [-0.4, -0.2) is 27.8 Å². The highest BCUT2D eigenvalue weighted by molar-refractivity contribution is 6.11. The van der Waals surface area contributed by atoms with E-state index in [1.54, 1.807) is 6.21 Å². The molecule has 1 aliphatic carbocycles. The van der Waals surface area contributed by atoms with Crippen LogP contribution in [0.4, 0.5) is 5.69 Å². The van der Waals surface area contributed by atoms with Gasteiger partial charge in [-0.3, -0.25) is 9.79 Å². The number of carbonyl (C=O) groups is 1. The van der Waals surface area contributed by atoms with E-state index in [-0.39, 0.29) is 5.91 Å². The second-order valence-electron chi connectivity index (χ2n) is 12.7. The van der Waals surface area contributed by atoms with Crippen molar-refractivity contribution in [3.63, 3.8) is 0 Å². The largest absolute Gasteiger partial charge is 0.361 e. The topological polar surface area (TPSA) is 85.4 Å². The minimum atomic E-state index is -0.155. The second-order valence-corrected chi connectivity index (χ2v) is 12.7. The molecule has 4 heterocycles. The van der Waals surface area contributed by atoms with Gasteiger partial charge >= 0.3 is 0 Å². The molecule has 0 saturated heterocycles. The monoisotopic (exact) mass is 655 g/mol. The Morgan fingerprint density at radius 2 is 1.30 bits per heavy atom. The third-order valence-electron chi connectivity index (χ3n) is 9.11. The van der Waals surface area contributed by atoms with Gasteiger partial charge in [0.05, 0.1) is 22.8 Å². The maximum Gasteiger partial charge on any atom is 0.255 e. The van der Waals surface area contributed by atoms with Crippen molar-refractivity contribution >= 4 is 34.7 Å². The number of amides is 1.